The Hall–Kier alpha value is -0.880. The standard InChI is InChI=1S/C13H13Cl2N3S2/c1-8(7-9-10(14)3-2-4-11(9)15)17-12(19)18-13-16-5-6-20-13/h2-6,8H,7H2,1H3,(H2,16,17,18,19). The molecule has 20 heavy (non-hydrogen) atoms. The molecular weight excluding hydrogens is 333 g/mol. The van der Waals surface area contributed by atoms with Crippen LogP contribution < -0.4 is 10.6 Å². The number of hydrogen-bond donors (Lipinski definition) is 2. The maximum Gasteiger partial charge on any atom is 0.188 e. The van der Waals surface area contributed by atoms with Gasteiger partial charge in [-0.25, -0.2) is 4.98 Å². The second-order valence-electron chi connectivity index (χ2n) is 4.24. The van der Waals surface area contributed by atoms with Crippen molar-refractivity contribution >= 4 is 57.0 Å². The number of hydrogen-bond acceptors (Lipinski definition) is 3. The van der Waals surface area contributed by atoms with Gasteiger partial charge in [0.1, 0.15) is 0 Å². The molecule has 2 N–H and O–H groups in total. The Balaban J connectivity index is 1.92. The van der Waals surface area contributed by atoms with Crippen molar-refractivity contribution in [2.24, 2.45) is 0 Å². The molecule has 106 valence electrons. The molecule has 0 bridgehead atoms. The van der Waals surface area contributed by atoms with E-state index in [2.05, 4.69) is 15.6 Å². The first-order valence-corrected chi connectivity index (χ1v) is 8.00. The molecular formula is C13H13Cl2N3S2. The van der Waals surface area contributed by atoms with Gasteiger partial charge < -0.3 is 10.6 Å². The summed E-state index contributed by atoms with van der Waals surface area (Å²) in [6, 6.07) is 5.61. The Labute approximate surface area is 137 Å². The predicted molar refractivity (Wildman–Crippen MR) is 91.1 cm³/mol. The number of rotatable bonds is 4. The van der Waals surface area contributed by atoms with Gasteiger partial charge in [-0.2, -0.15) is 0 Å². The average molecular weight is 346 g/mol. The van der Waals surface area contributed by atoms with E-state index in [0.29, 0.717) is 21.6 Å². The Morgan fingerprint density at radius 3 is 2.70 bits per heavy atom. The van der Waals surface area contributed by atoms with Crippen LogP contribution in [-0.2, 0) is 6.42 Å². The third-order valence-electron chi connectivity index (χ3n) is 2.60. The summed E-state index contributed by atoms with van der Waals surface area (Å²) in [5, 5.41) is 10.8. The lowest BCUT2D eigenvalue weighted by Crippen LogP contribution is -2.37. The van der Waals surface area contributed by atoms with E-state index in [-0.39, 0.29) is 6.04 Å². The van der Waals surface area contributed by atoms with Crippen molar-refractivity contribution < 1.29 is 0 Å². The van der Waals surface area contributed by atoms with Crippen molar-refractivity contribution in [1.29, 1.82) is 0 Å². The lowest BCUT2D eigenvalue weighted by atomic mass is 10.1. The summed E-state index contributed by atoms with van der Waals surface area (Å²) in [6.07, 6.45) is 2.42. The molecule has 1 aromatic heterocycles. The lowest BCUT2D eigenvalue weighted by Gasteiger charge is -2.17. The molecule has 7 heteroatoms. The molecule has 2 aromatic rings. The number of nitrogens with one attached hydrogen (secondary N) is 2. The highest BCUT2D eigenvalue weighted by Crippen LogP contribution is 2.25. The summed E-state index contributed by atoms with van der Waals surface area (Å²) in [7, 11) is 0. The van der Waals surface area contributed by atoms with Crippen molar-refractivity contribution in [2.75, 3.05) is 5.32 Å². The Bertz CT molecular complexity index is 567. The topological polar surface area (TPSA) is 37.0 Å². The van der Waals surface area contributed by atoms with Gasteiger partial charge in [0.25, 0.3) is 0 Å². The van der Waals surface area contributed by atoms with Gasteiger partial charge in [0.15, 0.2) is 10.2 Å². The minimum absolute atomic E-state index is 0.104. The van der Waals surface area contributed by atoms with E-state index in [4.69, 9.17) is 35.4 Å². The first kappa shape index (κ1) is 15.5. The van der Waals surface area contributed by atoms with E-state index >= 15 is 0 Å². The van der Waals surface area contributed by atoms with Gasteiger partial charge in [-0.15, -0.1) is 11.3 Å². The Morgan fingerprint density at radius 1 is 1.40 bits per heavy atom. The molecule has 1 heterocycles. The number of thiocarbonyl (C=S) groups is 1. The largest absolute Gasteiger partial charge is 0.360 e. The van der Waals surface area contributed by atoms with Gasteiger partial charge >= 0.3 is 0 Å². The molecule has 0 spiro atoms. The zero-order valence-corrected chi connectivity index (χ0v) is 13.8. The van der Waals surface area contributed by atoms with Crippen LogP contribution in [0.2, 0.25) is 10.0 Å². The van der Waals surface area contributed by atoms with Crippen LogP contribution >= 0.6 is 46.8 Å². The normalized spacial score (nSPS) is 11.9. The predicted octanol–water partition coefficient (Wildman–Crippen LogP) is 4.37. The van der Waals surface area contributed by atoms with Gasteiger partial charge in [-0.05, 0) is 43.3 Å². The van der Waals surface area contributed by atoms with Gasteiger partial charge in [0, 0.05) is 27.7 Å². The van der Waals surface area contributed by atoms with Gasteiger partial charge in [-0.3, -0.25) is 0 Å². The minimum atomic E-state index is 0.104. The fraction of sp³-hybridized carbons (Fsp3) is 0.231. The van der Waals surface area contributed by atoms with E-state index in [1.54, 1.807) is 6.20 Å². The number of nitrogens with zero attached hydrogens (tertiary/aromatic N) is 1. The van der Waals surface area contributed by atoms with E-state index in [1.165, 1.54) is 11.3 Å². The molecule has 0 saturated heterocycles. The summed E-state index contributed by atoms with van der Waals surface area (Å²) >= 11 is 19.0. The number of thiazole rings is 1. The molecule has 1 aromatic carbocycles. The monoisotopic (exact) mass is 345 g/mol. The van der Waals surface area contributed by atoms with Gasteiger partial charge in [0.2, 0.25) is 0 Å². The molecule has 3 nitrogen and oxygen atoms in total. The molecule has 0 amide bonds. The highest BCUT2D eigenvalue weighted by atomic mass is 35.5. The molecule has 0 aliphatic heterocycles. The SMILES string of the molecule is CC(Cc1c(Cl)cccc1Cl)NC(=S)Nc1nccs1. The number of halogens is 2. The van der Waals surface area contributed by atoms with Crippen molar-refractivity contribution in [3.8, 4) is 0 Å². The number of benzene rings is 1. The molecule has 2 rings (SSSR count). The van der Waals surface area contributed by atoms with Crippen LogP contribution in [0.4, 0.5) is 5.13 Å². The maximum atomic E-state index is 6.16. The summed E-state index contributed by atoms with van der Waals surface area (Å²) in [6.45, 7) is 2.02. The van der Waals surface area contributed by atoms with Crippen molar-refractivity contribution in [2.45, 2.75) is 19.4 Å². The maximum absolute atomic E-state index is 6.16. The quantitative estimate of drug-likeness (QED) is 0.807. The third-order valence-corrected chi connectivity index (χ3v) is 4.22. The third kappa shape index (κ3) is 4.31. The van der Waals surface area contributed by atoms with Crippen molar-refractivity contribution in [1.82, 2.24) is 10.3 Å². The average Bonchev–Trinajstić information content (AvgIpc) is 2.86. The minimum Gasteiger partial charge on any atom is -0.360 e. The molecule has 1 unspecified atom stereocenters. The van der Waals surface area contributed by atoms with Crippen molar-refractivity contribution in [3.05, 3.63) is 45.4 Å². The second-order valence-corrected chi connectivity index (χ2v) is 6.36. The van der Waals surface area contributed by atoms with E-state index in [1.807, 2.05) is 30.5 Å². The van der Waals surface area contributed by atoms with Crippen LogP contribution in [-0.4, -0.2) is 16.1 Å². The molecule has 0 aliphatic carbocycles. The fourth-order valence-electron chi connectivity index (χ4n) is 1.73. The molecule has 0 aliphatic rings. The van der Waals surface area contributed by atoms with Gasteiger partial charge in [0.05, 0.1) is 0 Å². The second kappa shape index (κ2) is 7.22. The molecule has 0 fully saturated rings. The summed E-state index contributed by atoms with van der Waals surface area (Å²) in [5.41, 5.74) is 0.924. The highest BCUT2D eigenvalue weighted by molar-refractivity contribution is 7.80. The van der Waals surface area contributed by atoms with Gasteiger partial charge in [-0.1, -0.05) is 29.3 Å². The summed E-state index contributed by atoms with van der Waals surface area (Å²) < 4.78 is 0. The Morgan fingerprint density at radius 2 is 2.10 bits per heavy atom. The number of aromatic nitrogens is 1. The molecule has 0 saturated carbocycles. The zero-order valence-electron chi connectivity index (χ0n) is 10.7. The van der Waals surface area contributed by atoms with Crippen LogP contribution in [0.15, 0.2) is 29.8 Å². The fourth-order valence-corrected chi connectivity index (χ4v) is 3.17. The summed E-state index contributed by atoms with van der Waals surface area (Å²) in [5.74, 6) is 0. The van der Waals surface area contributed by atoms with E-state index < -0.39 is 0 Å². The Kier molecular flexibility index (Phi) is 5.60. The first-order valence-electron chi connectivity index (χ1n) is 5.96. The molecule has 0 radical (unpaired) electrons. The van der Waals surface area contributed by atoms with Crippen LogP contribution in [0.3, 0.4) is 0 Å². The molecule has 1 atom stereocenters. The highest BCUT2D eigenvalue weighted by Gasteiger charge is 2.11. The first-order chi connectivity index (χ1) is 9.56. The van der Waals surface area contributed by atoms with Crippen LogP contribution in [0.1, 0.15) is 12.5 Å². The van der Waals surface area contributed by atoms with E-state index in [0.717, 1.165) is 10.7 Å². The van der Waals surface area contributed by atoms with Crippen LogP contribution in [0, 0.1) is 0 Å². The van der Waals surface area contributed by atoms with Crippen LogP contribution in [0.5, 0.6) is 0 Å². The van der Waals surface area contributed by atoms with Crippen molar-refractivity contribution in [3.63, 3.8) is 0 Å². The lowest BCUT2D eigenvalue weighted by molar-refractivity contribution is 0.664. The zero-order chi connectivity index (χ0) is 14.5. The smallest absolute Gasteiger partial charge is 0.188 e. The van der Waals surface area contributed by atoms with E-state index in [9.17, 15) is 0 Å². The number of anilines is 1. The summed E-state index contributed by atoms with van der Waals surface area (Å²) in [4.78, 5) is 4.11. The van der Waals surface area contributed by atoms with Crippen LogP contribution in [0.25, 0.3) is 0 Å².